The summed E-state index contributed by atoms with van der Waals surface area (Å²) in [4.78, 5) is 24.8. The number of fused-ring (bicyclic) bond motifs is 1. The fourth-order valence-electron chi connectivity index (χ4n) is 3.71. The van der Waals surface area contributed by atoms with Gasteiger partial charge in [0.1, 0.15) is 0 Å². The van der Waals surface area contributed by atoms with E-state index in [-0.39, 0.29) is 5.91 Å². The van der Waals surface area contributed by atoms with Gasteiger partial charge in [-0.2, -0.15) is 0 Å². The first-order chi connectivity index (χ1) is 10.8. The van der Waals surface area contributed by atoms with Gasteiger partial charge in [-0.1, -0.05) is 18.6 Å². The Bertz CT molecular complexity index is 641. The van der Waals surface area contributed by atoms with Crippen LogP contribution in [0, 0.1) is 0 Å². The lowest BCUT2D eigenvalue weighted by Crippen LogP contribution is -2.41. The van der Waals surface area contributed by atoms with E-state index in [2.05, 4.69) is 14.9 Å². The molecule has 0 aliphatic carbocycles. The number of aromatic nitrogens is 2. The Morgan fingerprint density at radius 2 is 1.95 bits per heavy atom. The smallest absolute Gasteiger partial charge is 0.289 e. The Hall–Kier alpha value is -1.88. The monoisotopic (exact) mass is 298 g/mol. The van der Waals surface area contributed by atoms with E-state index in [4.69, 9.17) is 0 Å². The number of para-hydroxylation sites is 2. The predicted molar refractivity (Wildman–Crippen MR) is 85.8 cm³/mol. The lowest BCUT2D eigenvalue weighted by molar-refractivity contribution is 0.0761. The number of H-pyrrole nitrogens is 1. The molecule has 2 aliphatic heterocycles. The third kappa shape index (κ3) is 2.50. The minimum Gasteiger partial charge on any atom is -0.334 e. The molecular formula is C17H22N4O. The van der Waals surface area contributed by atoms with Crippen LogP contribution in [0.4, 0.5) is 0 Å². The standard InChI is InChI=1S/C17H22N4O/c22-17(16-18-14-6-2-3-7-15(14)19-16)21-11-8-13(12-21)20-9-4-1-5-10-20/h2-3,6-7,13H,1,4-5,8-12H2,(H,18,19)/t13-/m1/s1. The zero-order chi connectivity index (χ0) is 14.9. The van der Waals surface area contributed by atoms with Crippen molar-refractivity contribution in [2.24, 2.45) is 0 Å². The van der Waals surface area contributed by atoms with Crippen molar-refractivity contribution >= 4 is 16.9 Å². The van der Waals surface area contributed by atoms with Gasteiger partial charge in [0.05, 0.1) is 11.0 Å². The SMILES string of the molecule is O=C(c1nc2ccccc2[nH]1)N1CC[C@@H](N2CCCCC2)C1. The normalized spacial score (nSPS) is 23.3. The number of piperidine rings is 1. The maximum absolute atomic E-state index is 12.7. The molecule has 3 heterocycles. The molecule has 2 saturated heterocycles. The summed E-state index contributed by atoms with van der Waals surface area (Å²) in [5.41, 5.74) is 1.79. The summed E-state index contributed by atoms with van der Waals surface area (Å²) in [5, 5.41) is 0. The Balaban J connectivity index is 1.46. The molecule has 1 aromatic heterocycles. The number of rotatable bonds is 2. The first kappa shape index (κ1) is 13.8. The van der Waals surface area contributed by atoms with Gasteiger partial charge in [0.2, 0.25) is 0 Å². The molecule has 2 aromatic rings. The Labute approximate surface area is 130 Å². The number of hydrogen-bond acceptors (Lipinski definition) is 3. The van der Waals surface area contributed by atoms with Crippen LogP contribution < -0.4 is 0 Å². The fraction of sp³-hybridized carbons (Fsp3) is 0.529. The molecule has 2 fully saturated rings. The summed E-state index contributed by atoms with van der Waals surface area (Å²) in [6.07, 6.45) is 5.04. The van der Waals surface area contributed by atoms with E-state index in [0.717, 1.165) is 30.5 Å². The highest BCUT2D eigenvalue weighted by Gasteiger charge is 2.32. The number of carbonyl (C=O) groups is 1. The molecule has 22 heavy (non-hydrogen) atoms. The molecule has 1 atom stereocenters. The van der Waals surface area contributed by atoms with Gasteiger partial charge < -0.3 is 9.88 Å². The van der Waals surface area contributed by atoms with E-state index >= 15 is 0 Å². The molecular weight excluding hydrogens is 276 g/mol. The number of aromatic amines is 1. The van der Waals surface area contributed by atoms with Crippen LogP contribution in [0.1, 0.15) is 36.3 Å². The summed E-state index contributed by atoms with van der Waals surface area (Å²) in [6, 6.07) is 8.33. The number of hydrogen-bond donors (Lipinski definition) is 1. The van der Waals surface area contributed by atoms with E-state index in [1.807, 2.05) is 29.2 Å². The summed E-state index contributed by atoms with van der Waals surface area (Å²) in [5.74, 6) is 0.510. The molecule has 1 N–H and O–H groups in total. The number of likely N-dealkylation sites (tertiary alicyclic amines) is 2. The van der Waals surface area contributed by atoms with Gasteiger partial charge in [-0.25, -0.2) is 4.98 Å². The highest BCUT2D eigenvalue weighted by atomic mass is 16.2. The number of nitrogens with zero attached hydrogens (tertiary/aromatic N) is 3. The number of nitrogens with one attached hydrogen (secondary N) is 1. The maximum atomic E-state index is 12.7. The van der Waals surface area contributed by atoms with Gasteiger partial charge in [-0.15, -0.1) is 0 Å². The summed E-state index contributed by atoms with van der Waals surface area (Å²) in [7, 11) is 0. The van der Waals surface area contributed by atoms with Crippen LogP contribution in [0.2, 0.25) is 0 Å². The van der Waals surface area contributed by atoms with Crippen LogP contribution in [0.3, 0.4) is 0 Å². The second-order valence-corrected chi connectivity index (χ2v) is 6.39. The number of benzene rings is 1. The second-order valence-electron chi connectivity index (χ2n) is 6.39. The Kier molecular flexibility index (Phi) is 3.58. The maximum Gasteiger partial charge on any atom is 0.289 e. The van der Waals surface area contributed by atoms with Crippen LogP contribution in [0.5, 0.6) is 0 Å². The van der Waals surface area contributed by atoms with Crippen LogP contribution in [0.25, 0.3) is 11.0 Å². The van der Waals surface area contributed by atoms with E-state index < -0.39 is 0 Å². The van der Waals surface area contributed by atoms with Gasteiger partial charge >= 0.3 is 0 Å². The zero-order valence-electron chi connectivity index (χ0n) is 12.8. The zero-order valence-corrected chi connectivity index (χ0v) is 12.8. The number of imidazole rings is 1. The molecule has 0 radical (unpaired) electrons. The van der Waals surface area contributed by atoms with Crippen molar-refractivity contribution in [3.63, 3.8) is 0 Å². The van der Waals surface area contributed by atoms with E-state index in [1.165, 1.54) is 32.4 Å². The van der Waals surface area contributed by atoms with Gasteiger partial charge in [0.15, 0.2) is 5.82 Å². The molecule has 116 valence electrons. The molecule has 1 amide bonds. The minimum absolute atomic E-state index is 0.0377. The van der Waals surface area contributed by atoms with Gasteiger partial charge in [0.25, 0.3) is 5.91 Å². The second kappa shape index (κ2) is 5.72. The van der Waals surface area contributed by atoms with E-state index in [1.54, 1.807) is 0 Å². The van der Waals surface area contributed by atoms with Crippen LogP contribution in [-0.4, -0.2) is 57.9 Å². The van der Waals surface area contributed by atoms with Crippen LogP contribution in [0.15, 0.2) is 24.3 Å². The number of carbonyl (C=O) groups excluding carboxylic acids is 1. The van der Waals surface area contributed by atoms with Gasteiger partial charge in [-0.3, -0.25) is 9.69 Å². The van der Waals surface area contributed by atoms with Crippen molar-refractivity contribution < 1.29 is 4.79 Å². The minimum atomic E-state index is 0.0377. The summed E-state index contributed by atoms with van der Waals surface area (Å²) in [6.45, 7) is 4.07. The largest absolute Gasteiger partial charge is 0.334 e. The molecule has 0 bridgehead atoms. The third-order valence-electron chi connectivity index (χ3n) is 4.95. The predicted octanol–water partition coefficient (Wildman–Crippen LogP) is 2.26. The lowest BCUT2D eigenvalue weighted by atomic mass is 10.1. The topological polar surface area (TPSA) is 52.2 Å². The first-order valence-electron chi connectivity index (χ1n) is 8.29. The highest BCUT2D eigenvalue weighted by molar-refractivity contribution is 5.94. The van der Waals surface area contributed by atoms with Crippen molar-refractivity contribution in [1.82, 2.24) is 19.8 Å². The first-order valence-corrected chi connectivity index (χ1v) is 8.29. The van der Waals surface area contributed by atoms with Crippen molar-refractivity contribution in [3.8, 4) is 0 Å². The fourth-order valence-corrected chi connectivity index (χ4v) is 3.71. The van der Waals surface area contributed by atoms with Crippen molar-refractivity contribution in [1.29, 1.82) is 0 Å². The summed E-state index contributed by atoms with van der Waals surface area (Å²) >= 11 is 0. The van der Waals surface area contributed by atoms with Crippen LogP contribution >= 0.6 is 0 Å². The van der Waals surface area contributed by atoms with Crippen molar-refractivity contribution in [2.75, 3.05) is 26.2 Å². The Morgan fingerprint density at radius 3 is 2.77 bits per heavy atom. The molecule has 1 aromatic carbocycles. The Morgan fingerprint density at radius 1 is 1.14 bits per heavy atom. The van der Waals surface area contributed by atoms with Gasteiger partial charge in [0, 0.05) is 19.1 Å². The molecule has 0 unspecified atom stereocenters. The highest BCUT2D eigenvalue weighted by Crippen LogP contribution is 2.21. The third-order valence-corrected chi connectivity index (χ3v) is 4.95. The lowest BCUT2D eigenvalue weighted by Gasteiger charge is -2.32. The molecule has 5 heteroatoms. The average Bonchev–Trinajstić information content (AvgIpc) is 3.22. The molecule has 0 spiro atoms. The molecule has 0 saturated carbocycles. The van der Waals surface area contributed by atoms with Gasteiger partial charge in [-0.05, 0) is 44.5 Å². The molecule has 4 rings (SSSR count). The quantitative estimate of drug-likeness (QED) is 0.925. The van der Waals surface area contributed by atoms with Crippen molar-refractivity contribution in [2.45, 2.75) is 31.7 Å². The average molecular weight is 298 g/mol. The molecule has 5 nitrogen and oxygen atoms in total. The number of amides is 1. The molecule has 2 aliphatic rings. The van der Waals surface area contributed by atoms with E-state index in [9.17, 15) is 4.79 Å². The van der Waals surface area contributed by atoms with E-state index in [0.29, 0.717) is 11.9 Å². The van der Waals surface area contributed by atoms with Crippen molar-refractivity contribution in [3.05, 3.63) is 30.1 Å². The van der Waals surface area contributed by atoms with Crippen LogP contribution in [-0.2, 0) is 0 Å². The summed E-state index contributed by atoms with van der Waals surface area (Å²) < 4.78 is 0.